The lowest BCUT2D eigenvalue weighted by atomic mass is 9.89. The van der Waals surface area contributed by atoms with Gasteiger partial charge in [0.25, 0.3) is 5.92 Å². The Morgan fingerprint density at radius 2 is 2.04 bits per heavy atom. The molecule has 0 radical (unpaired) electrons. The largest absolute Gasteiger partial charge is 0.495 e. The topological polar surface area (TPSA) is 38.7 Å². The van der Waals surface area contributed by atoms with E-state index in [1.165, 1.54) is 6.08 Å². The highest BCUT2D eigenvalue weighted by Crippen LogP contribution is 2.40. The summed E-state index contributed by atoms with van der Waals surface area (Å²) in [7, 11) is 0. The number of fused-ring (bicyclic) bond motifs is 1. The molecular weight excluding hydrogens is 362 g/mol. The van der Waals surface area contributed by atoms with E-state index >= 15 is 0 Å². The van der Waals surface area contributed by atoms with Gasteiger partial charge in [0.05, 0.1) is 11.9 Å². The Morgan fingerprint density at radius 3 is 2.82 bits per heavy atom. The molecule has 1 aliphatic heterocycles. The molecule has 28 heavy (non-hydrogen) atoms. The van der Waals surface area contributed by atoms with Gasteiger partial charge < -0.3 is 14.6 Å². The monoisotopic (exact) mass is 390 g/mol. The van der Waals surface area contributed by atoms with Crippen molar-refractivity contribution in [2.75, 3.05) is 6.61 Å². The van der Waals surface area contributed by atoms with Crippen molar-refractivity contribution in [3.05, 3.63) is 67.0 Å². The summed E-state index contributed by atoms with van der Waals surface area (Å²) in [4.78, 5) is 0. The summed E-state index contributed by atoms with van der Waals surface area (Å²) in [5.74, 6) is -2.44. The van der Waals surface area contributed by atoms with Gasteiger partial charge in [0.2, 0.25) is 0 Å². The fraction of sp³-hybridized carbons (Fsp3) is 0.478. The number of rotatable bonds is 5. The quantitative estimate of drug-likeness (QED) is 0.695. The van der Waals surface area contributed by atoms with Crippen LogP contribution < -0.4 is 4.74 Å². The third-order valence-corrected chi connectivity index (χ3v) is 5.35. The van der Waals surface area contributed by atoms with Crippen molar-refractivity contribution in [1.29, 1.82) is 0 Å². The van der Waals surface area contributed by atoms with Crippen LogP contribution in [0.3, 0.4) is 0 Å². The second-order valence-corrected chi connectivity index (χ2v) is 7.56. The lowest BCUT2D eigenvalue weighted by Gasteiger charge is -2.25. The van der Waals surface area contributed by atoms with Crippen molar-refractivity contribution in [1.82, 2.24) is 0 Å². The van der Waals surface area contributed by atoms with Crippen LogP contribution in [-0.2, 0) is 4.74 Å². The summed E-state index contributed by atoms with van der Waals surface area (Å²) in [6.07, 6.45) is 9.40. The average molecular weight is 390 g/mol. The first kappa shape index (κ1) is 20.6. The summed E-state index contributed by atoms with van der Waals surface area (Å²) in [5.41, 5.74) is 0. The van der Waals surface area contributed by atoms with Crippen LogP contribution in [-0.4, -0.2) is 29.8 Å². The first-order chi connectivity index (χ1) is 13.4. The molecule has 0 unspecified atom stereocenters. The van der Waals surface area contributed by atoms with Gasteiger partial charge >= 0.3 is 0 Å². The number of allylic oxidation sites excluding steroid dienone is 3. The normalized spacial score (nSPS) is 29.9. The Labute approximate surface area is 165 Å². The van der Waals surface area contributed by atoms with Crippen LogP contribution in [0, 0.1) is 11.8 Å². The third kappa shape index (κ3) is 5.68. The number of halogens is 2. The SMILES string of the molecule is C=C1CCC/C=C\C[C@@H]2[C@@H](/C=C/C(F)(F)COc3ccccc3)[C@H](O)C[C@@H]2O1. The van der Waals surface area contributed by atoms with Crippen LogP contribution in [0.15, 0.2) is 67.0 Å². The number of aliphatic hydroxyl groups excluding tert-OH is 1. The zero-order valence-electron chi connectivity index (χ0n) is 16.0. The Bertz CT molecular complexity index is 699. The van der Waals surface area contributed by atoms with Gasteiger partial charge in [-0.2, -0.15) is 8.78 Å². The van der Waals surface area contributed by atoms with E-state index in [0.717, 1.165) is 25.3 Å². The molecule has 0 saturated heterocycles. The first-order valence-electron chi connectivity index (χ1n) is 9.87. The van der Waals surface area contributed by atoms with E-state index in [9.17, 15) is 13.9 Å². The van der Waals surface area contributed by atoms with Crippen LogP contribution in [0.5, 0.6) is 5.75 Å². The van der Waals surface area contributed by atoms with Gasteiger partial charge in [-0.3, -0.25) is 0 Å². The molecule has 0 bridgehead atoms. The molecule has 1 saturated carbocycles. The molecule has 1 aromatic rings. The molecule has 0 spiro atoms. The van der Waals surface area contributed by atoms with E-state index in [0.29, 0.717) is 24.4 Å². The third-order valence-electron chi connectivity index (χ3n) is 5.35. The molecule has 1 fully saturated rings. The Balaban J connectivity index is 1.66. The summed E-state index contributed by atoms with van der Waals surface area (Å²) in [5, 5.41) is 10.5. The highest BCUT2D eigenvalue weighted by atomic mass is 19.3. The summed E-state index contributed by atoms with van der Waals surface area (Å²) < 4.78 is 39.7. The Morgan fingerprint density at radius 1 is 1.25 bits per heavy atom. The highest BCUT2D eigenvalue weighted by molar-refractivity contribution is 5.21. The van der Waals surface area contributed by atoms with Crippen molar-refractivity contribution >= 4 is 0 Å². The molecule has 152 valence electrons. The molecule has 2 aliphatic rings. The van der Waals surface area contributed by atoms with E-state index in [-0.39, 0.29) is 17.9 Å². The number of para-hydroxylation sites is 1. The molecular formula is C23H28F2O3. The van der Waals surface area contributed by atoms with Gasteiger partial charge in [-0.25, -0.2) is 0 Å². The summed E-state index contributed by atoms with van der Waals surface area (Å²) >= 11 is 0. The van der Waals surface area contributed by atoms with Crippen LogP contribution in [0.1, 0.15) is 32.1 Å². The molecule has 0 amide bonds. The number of aliphatic hydroxyl groups is 1. The van der Waals surface area contributed by atoms with Crippen molar-refractivity contribution < 1.29 is 23.4 Å². The maximum absolute atomic E-state index is 14.3. The Kier molecular flexibility index (Phi) is 6.89. The van der Waals surface area contributed by atoms with Crippen LogP contribution in [0.25, 0.3) is 0 Å². The standard InChI is InChI=1S/C23H28F2O3/c1-17-9-5-2-3-8-12-20-19(21(26)15-22(20)28-17)13-14-23(24,25)16-27-18-10-6-4-7-11-18/h3-4,6-8,10-11,13-14,19-22,26H,1-2,5,9,12,15-16H2/b8-3-,14-13+/t19-,20-,21-,22+/m1/s1. The number of hydrogen-bond acceptors (Lipinski definition) is 3. The minimum Gasteiger partial charge on any atom is -0.495 e. The zero-order chi connectivity index (χ0) is 20.0. The lowest BCUT2D eigenvalue weighted by molar-refractivity contribution is 0.00399. The van der Waals surface area contributed by atoms with Crippen LogP contribution in [0.4, 0.5) is 8.78 Å². The maximum atomic E-state index is 14.3. The fourth-order valence-electron chi connectivity index (χ4n) is 3.88. The van der Waals surface area contributed by atoms with Crippen molar-refractivity contribution in [3.63, 3.8) is 0 Å². The van der Waals surface area contributed by atoms with E-state index in [2.05, 4.69) is 18.7 Å². The smallest absolute Gasteiger partial charge is 0.299 e. The second-order valence-electron chi connectivity index (χ2n) is 7.56. The second kappa shape index (κ2) is 9.37. The van der Waals surface area contributed by atoms with E-state index in [4.69, 9.17) is 9.47 Å². The molecule has 4 atom stereocenters. The fourth-order valence-corrected chi connectivity index (χ4v) is 3.88. The molecule has 1 N–H and O–H groups in total. The Hall–Kier alpha value is -2.14. The average Bonchev–Trinajstić information content (AvgIpc) is 2.96. The van der Waals surface area contributed by atoms with Crippen LogP contribution >= 0.6 is 0 Å². The highest BCUT2D eigenvalue weighted by Gasteiger charge is 2.42. The number of alkyl halides is 2. The summed E-state index contributed by atoms with van der Waals surface area (Å²) in [6.45, 7) is 3.22. The number of ether oxygens (including phenoxy) is 2. The van der Waals surface area contributed by atoms with E-state index in [1.54, 1.807) is 30.3 Å². The zero-order valence-corrected chi connectivity index (χ0v) is 16.0. The molecule has 1 aromatic carbocycles. The van der Waals surface area contributed by atoms with Gasteiger partial charge in [-0.15, -0.1) is 0 Å². The van der Waals surface area contributed by atoms with Gasteiger partial charge in [-0.1, -0.05) is 43.0 Å². The molecule has 0 aromatic heterocycles. The van der Waals surface area contributed by atoms with Gasteiger partial charge in [0, 0.05) is 24.7 Å². The minimum absolute atomic E-state index is 0.0526. The predicted molar refractivity (Wildman–Crippen MR) is 105 cm³/mol. The number of hydrogen-bond donors (Lipinski definition) is 1. The lowest BCUT2D eigenvalue weighted by Crippen LogP contribution is -2.26. The van der Waals surface area contributed by atoms with Gasteiger partial charge in [-0.05, 0) is 37.5 Å². The molecule has 1 heterocycles. The van der Waals surface area contributed by atoms with Crippen molar-refractivity contribution in [2.24, 2.45) is 11.8 Å². The van der Waals surface area contributed by atoms with E-state index in [1.807, 2.05) is 0 Å². The maximum Gasteiger partial charge on any atom is 0.299 e. The minimum atomic E-state index is -3.12. The van der Waals surface area contributed by atoms with Crippen molar-refractivity contribution in [2.45, 2.75) is 50.2 Å². The first-order valence-corrected chi connectivity index (χ1v) is 9.87. The van der Waals surface area contributed by atoms with Gasteiger partial charge in [0.15, 0.2) is 6.61 Å². The van der Waals surface area contributed by atoms with Gasteiger partial charge in [0.1, 0.15) is 11.9 Å². The molecule has 3 nitrogen and oxygen atoms in total. The number of benzene rings is 1. The van der Waals surface area contributed by atoms with Crippen molar-refractivity contribution in [3.8, 4) is 5.75 Å². The molecule has 1 aliphatic carbocycles. The molecule has 5 heteroatoms. The molecule has 3 rings (SSSR count). The summed E-state index contributed by atoms with van der Waals surface area (Å²) in [6, 6.07) is 8.55. The van der Waals surface area contributed by atoms with Crippen LogP contribution in [0.2, 0.25) is 0 Å². The van der Waals surface area contributed by atoms with E-state index < -0.39 is 18.6 Å². The predicted octanol–water partition coefficient (Wildman–Crippen LogP) is 5.28.